The molecule has 3 rings (SSSR count). The van der Waals surface area contributed by atoms with E-state index in [1.165, 1.54) is 16.4 Å². The lowest BCUT2D eigenvalue weighted by molar-refractivity contribution is -0.113. The van der Waals surface area contributed by atoms with Gasteiger partial charge in [0.2, 0.25) is 11.1 Å². The van der Waals surface area contributed by atoms with Crippen LogP contribution in [0, 0.1) is 13.8 Å². The first kappa shape index (κ1) is 20.7. The third kappa shape index (κ3) is 5.51. The molecule has 0 spiro atoms. The molecule has 0 aliphatic heterocycles. The zero-order valence-electron chi connectivity index (χ0n) is 17.0. The number of hydrogen-bond donors (Lipinski definition) is 2. The van der Waals surface area contributed by atoms with Gasteiger partial charge in [-0.1, -0.05) is 30.0 Å². The smallest absolute Gasteiger partial charge is 0.234 e. The number of carbonyl (C=O) groups is 1. The van der Waals surface area contributed by atoms with Gasteiger partial charge in [-0.3, -0.25) is 4.79 Å². The number of aryl methyl sites for hydroxylation is 2. The molecule has 29 heavy (non-hydrogen) atoms. The van der Waals surface area contributed by atoms with Gasteiger partial charge in [0.25, 0.3) is 0 Å². The summed E-state index contributed by atoms with van der Waals surface area (Å²) in [5.41, 5.74) is 3.78. The van der Waals surface area contributed by atoms with Gasteiger partial charge in [0.1, 0.15) is 5.75 Å². The van der Waals surface area contributed by atoms with Crippen molar-refractivity contribution in [1.29, 1.82) is 0 Å². The van der Waals surface area contributed by atoms with Crippen LogP contribution >= 0.6 is 11.8 Å². The third-order valence-electron chi connectivity index (χ3n) is 3.97. The molecule has 7 nitrogen and oxygen atoms in total. The van der Waals surface area contributed by atoms with Crippen LogP contribution in [0.15, 0.2) is 47.6 Å². The number of nitrogen functional groups attached to an aromatic ring is 1. The molecule has 0 radical (unpaired) electrons. The standard InChI is InChI=1S/C21H25N5O2S/c1-13(2)28-18-7-5-6-16(11-18)20-24-25-21(26(20)22)29-12-19(27)23-17-9-14(3)8-15(4)10-17/h5-11,13H,12,22H2,1-4H3,(H,23,27). The van der Waals surface area contributed by atoms with E-state index < -0.39 is 0 Å². The molecule has 2 aromatic carbocycles. The normalized spacial score (nSPS) is 10.9. The van der Waals surface area contributed by atoms with Crippen molar-refractivity contribution in [3.63, 3.8) is 0 Å². The van der Waals surface area contributed by atoms with Gasteiger partial charge in [-0.2, -0.15) is 0 Å². The molecule has 0 fully saturated rings. The van der Waals surface area contributed by atoms with Crippen molar-refractivity contribution in [2.75, 3.05) is 16.9 Å². The van der Waals surface area contributed by atoms with Crippen LogP contribution in [0.1, 0.15) is 25.0 Å². The molecule has 1 aromatic heterocycles. The summed E-state index contributed by atoms with van der Waals surface area (Å²) in [5.74, 6) is 7.46. The Morgan fingerprint density at radius 3 is 2.59 bits per heavy atom. The topological polar surface area (TPSA) is 95.1 Å². The molecule has 0 aliphatic carbocycles. The van der Waals surface area contributed by atoms with Crippen molar-refractivity contribution in [2.45, 2.75) is 39.0 Å². The average molecular weight is 412 g/mol. The highest BCUT2D eigenvalue weighted by molar-refractivity contribution is 7.99. The van der Waals surface area contributed by atoms with Crippen LogP contribution in [0.3, 0.4) is 0 Å². The minimum Gasteiger partial charge on any atom is -0.491 e. The van der Waals surface area contributed by atoms with E-state index in [1.807, 2.05) is 64.1 Å². The lowest BCUT2D eigenvalue weighted by atomic mass is 10.1. The van der Waals surface area contributed by atoms with E-state index in [1.54, 1.807) is 0 Å². The van der Waals surface area contributed by atoms with Crippen LogP contribution in [-0.4, -0.2) is 32.6 Å². The van der Waals surface area contributed by atoms with Crippen molar-refractivity contribution >= 4 is 23.4 Å². The summed E-state index contributed by atoms with van der Waals surface area (Å²) >= 11 is 1.23. The predicted molar refractivity (Wildman–Crippen MR) is 117 cm³/mol. The molecular weight excluding hydrogens is 386 g/mol. The summed E-state index contributed by atoms with van der Waals surface area (Å²) in [6, 6.07) is 13.5. The molecule has 0 unspecified atom stereocenters. The second-order valence-electron chi connectivity index (χ2n) is 7.08. The van der Waals surface area contributed by atoms with Crippen LogP contribution in [0.2, 0.25) is 0 Å². The summed E-state index contributed by atoms with van der Waals surface area (Å²) < 4.78 is 7.11. The molecule has 3 aromatic rings. The van der Waals surface area contributed by atoms with Crippen LogP contribution in [-0.2, 0) is 4.79 Å². The maximum atomic E-state index is 12.3. The number of aromatic nitrogens is 3. The van der Waals surface area contributed by atoms with Crippen LogP contribution in [0.25, 0.3) is 11.4 Å². The first-order valence-electron chi connectivity index (χ1n) is 9.30. The van der Waals surface area contributed by atoms with E-state index in [0.29, 0.717) is 11.0 Å². The van der Waals surface area contributed by atoms with Crippen molar-refractivity contribution in [3.8, 4) is 17.1 Å². The number of nitrogens with zero attached hydrogens (tertiary/aromatic N) is 3. The highest BCUT2D eigenvalue weighted by Gasteiger charge is 2.15. The molecular formula is C21H25N5O2S. The summed E-state index contributed by atoms with van der Waals surface area (Å²) in [5, 5.41) is 11.7. The summed E-state index contributed by atoms with van der Waals surface area (Å²) in [4.78, 5) is 12.3. The first-order valence-corrected chi connectivity index (χ1v) is 10.3. The highest BCUT2D eigenvalue weighted by Crippen LogP contribution is 2.25. The Kier molecular flexibility index (Phi) is 6.43. The average Bonchev–Trinajstić information content (AvgIpc) is 2.99. The van der Waals surface area contributed by atoms with Gasteiger partial charge in [-0.25, -0.2) is 4.68 Å². The minimum atomic E-state index is -0.128. The van der Waals surface area contributed by atoms with Gasteiger partial charge in [0.05, 0.1) is 11.9 Å². The number of nitrogens with one attached hydrogen (secondary N) is 1. The molecule has 0 aliphatic rings. The number of anilines is 1. The van der Waals surface area contributed by atoms with E-state index in [0.717, 1.165) is 28.1 Å². The van der Waals surface area contributed by atoms with Crippen LogP contribution in [0.4, 0.5) is 5.69 Å². The number of amides is 1. The predicted octanol–water partition coefficient (Wildman–Crippen LogP) is 3.79. The second-order valence-corrected chi connectivity index (χ2v) is 8.03. The number of hydrogen-bond acceptors (Lipinski definition) is 6. The van der Waals surface area contributed by atoms with Gasteiger partial charge in [-0.15, -0.1) is 10.2 Å². The largest absolute Gasteiger partial charge is 0.491 e. The van der Waals surface area contributed by atoms with Crippen molar-refractivity contribution in [1.82, 2.24) is 14.9 Å². The fourth-order valence-electron chi connectivity index (χ4n) is 2.93. The Balaban J connectivity index is 1.66. The maximum Gasteiger partial charge on any atom is 0.234 e. The van der Waals surface area contributed by atoms with Crippen LogP contribution < -0.4 is 15.9 Å². The third-order valence-corrected chi connectivity index (χ3v) is 4.91. The molecule has 152 valence electrons. The Hall–Kier alpha value is -3.00. The Bertz CT molecular complexity index is 996. The fraction of sp³-hybridized carbons (Fsp3) is 0.286. The van der Waals surface area contributed by atoms with E-state index in [4.69, 9.17) is 10.6 Å². The summed E-state index contributed by atoms with van der Waals surface area (Å²) in [7, 11) is 0. The highest BCUT2D eigenvalue weighted by atomic mass is 32.2. The maximum absolute atomic E-state index is 12.3. The minimum absolute atomic E-state index is 0.0721. The van der Waals surface area contributed by atoms with E-state index in [2.05, 4.69) is 21.6 Å². The number of rotatable bonds is 7. The fourth-order valence-corrected chi connectivity index (χ4v) is 3.58. The molecule has 1 heterocycles. The zero-order chi connectivity index (χ0) is 21.0. The number of benzene rings is 2. The number of thioether (sulfide) groups is 1. The molecule has 3 N–H and O–H groups in total. The van der Waals surface area contributed by atoms with Crippen molar-refractivity contribution in [2.24, 2.45) is 0 Å². The van der Waals surface area contributed by atoms with E-state index in [-0.39, 0.29) is 17.8 Å². The van der Waals surface area contributed by atoms with Crippen molar-refractivity contribution < 1.29 is 9.53 Å². The first-order chi connectivity index (χ1) is 13.8. The monoisotopic (exact) mass is 411 g/mol. The van der Waals surface area contributed by atoms with Gasteiger partial charge in [0, 0.05) is 11.3 Å². The van der Waals surface area contributed by atoms with Gasteiger partial charge in [0.15, 0.2) is 5.82 Å². The van der Waals surface area contributed by atoms with E-state index in [9.17, 15) is 4.79 Å². The molecule has 0 atom stereocenters. The number of carbonyl (C=O) groups excluding carboxylic acids is 1. The number of nitrogens with two attached hydrogens (primary N) is 1. The Morgan fingerprint density at radius 1 is 1.17 bits per heavy atom. The molecule has 8 heteroatoms. The van der Waals surface area contributed by atoms with Crippen molar-refractivity contribution in [3.05, 3.63) is 53.6 Å². The van der Waals surface area contributed by atoms with Gasteiger partial charge < -0.3 is 15.9 Å². The molecule has 1 amide bonds. The lowest BCUT2D eigenvalue weighted by Crippen LogP contribution is -2.16. The molecule has 0 saturated carbocycles. The van der Waals surface area contributed by atoms with E-state index >= 15 is 0 Å². The number of ether oxygens (including phenoxy) is 1. The quantitative estimate of drug-likeness (QED) is 0.454. The Labute approximate surface area is 174 Å². The lowest BCUT2D eigenvalue weighted by Gasteiger charge is -2.10. The van der Waals surface area contributed by atoms with Crippen LogP contribution in [0.5, 0.6) is 5.75 Å². The second kappa shape index (κ2) is 9.00. The SMILES string of the molecule is Cc1cc(C)cc(NC(=O)CSc2nnc(-c3cccc(OC(C)C)c3)n2N)c1. The van der Waals surface area contributed by atoms with Gasteiger partial charge in [-0.05, 0) is 63.1 Å². The van der Waals surface area contributed by atoms with Gasteiger partial charge >= 0.3 is 0 Å². The molecule has 0 bridgehead atoms. The zero-order valence-corrected chi connectivity index (χ0v) is 17.8. The summed E-state index contributed by atoms with van der Waals surface area (Å²) in [6.07, 6.45) is 0.0721. The Morgan fingerprint density at radius 2 is 1.90 bits per heavy atom. The summed E-state index contributed by atoms with van der Waals surface area (Å²) in [6.45, 7) is 7.93. The molecule has 0 saturated heterocycles.